The number of amides is 1. The van der Waals surface area contributed by atoms with E-state index in [1.807, 2.05) is 25.1 Å². The van der Waals surface area contributed by atoms with Crippen molar-refractivity contribution in [3.63, 3.8) is 0 Å². The highest BCUT2D eigenvalue weighted by atomic mass is 35.5. The van der Waals surface area contributed by atoms with Crippen molar-refractivity contribution in [1.82, 2.24) is 15.5 Å². The summed E-state index contributed by atoms with van der Waals surface area (Å²) in [6, 6.07) is 14.4. The molecule has 2 aromatic carbocycles. The first-order valence-corrected chi connectivity index (χ1v) is 10.6. The molecule has 0 radical (unpaired) electrons. The summed E-state index contributed by atoms with van der Waals surface area (Å²) in [7, 11) is 0. The van der Waals surface area contributed by atoms with Crippen molar-refractivity contribution in [3.8, 4) is 5.75 Å². The highest BCUT2D eigenvalue weighted by Gasteiger charge is 2.21. The Labute approximate surface area is 182 Å². The van der Waals surface area contributed by atoms with Crippen LogP contribution >= 0.6 is 11.6 Å². The fraction of sp³-hybridized carbons (Fsp3) is 0.364. The van der Waals surface area contributed by atoms with Crippen LogP contribution in [0.4, 0.5) is 5.69 Å². The molecule has 8 heteroatoms. The quantitative estimate of drug-likeness (QED) is 0.373. The van der Waals surface area contributed by atoms with E-state index in [0.29, 0.717) is 29.4 Å². The van der Waals surface area contributed by atoms with Gasteiger partial charge in [0.05, 0.1) is 22.8 Å². The van der Waals surface area contributed by atoms with Crippen molar-refractivity contribution >= 4 is 29.2 Å². The van der Waals surface area contributed by atoms with Gasteiger partial charge in [-0.1, -0.05) is 35.9 Å². The molecule has 1 aliphatic rings. The Balaban J connectivity index is 1.52. The lowest BCUT2D eigenvalue weighted by Crippen LogP contribution is -2.52. The van der Waals surface area contributed by atoms with Crippen LogP contribution in [0, 0.1) is 0 Å². The van der Waals surface area contributed by atoms with Crippen molar-refractivity contribution in [2.24, 2.45) is 4.99 Å². The third kappa shape index (κ3) is 5.57. The molecule has 0 bridgehead atoms. The Morgan fingerprint density at radius 2 is 1.77 bits per heavy atom. The minimum atomic E-state index is -0.197. The second-order valence-electron chi connectivity index (χ2n) is 6.93. The molecule has 7 nitrogen and oxygen atoms in total. The molecule has 1 saturated heterocycles. The number of guanidine groups is 1. The molecular formula is C22H28ClN5O2. The number of carbonyl (C=O) groups excluding carboxylic acids is 1. The first-order chi connectivity index (χ1) is 14.6. The van der Waals surface area contributed by atoms with Gasteiger partial charge in [0.25, 0.3) is 5.91 Å². The van der Waals surface area contributed by atoms with Gasteiger partial charge >= 0.3 is 0 Å². The fourth-order valence-corrected chi connectivity index (χ4v) is 3.61. The number of rotatable bonds is 6. The zero-order valence-corrected chi connectivity index (χ0v) is 17.9. The van der Waals surface area contributed by atoms with Gasteiger partial charge in [0.1, 0.15) is 5.75 Å². The number of phenols is 1. The standard InChI is InChI=1S/C22H28ClN5O2/c1-2-24-22(26-12-11-25-21(30)17-7-3-4-8-18(17)23)28-15-13-27(14-16-28)19-9-5-6-10-20(19)29/h3-10,29H,2,11-16H2,1H3,(H,24,26)(H,25,30). The lowest BCUT2D eigenvalue weighted by Gasteiger charge is -2.37. The van der Waals surface area contributed by atoms with Crippen LogP contribution in [0.15, 0.2) is 53.5 Å². The van der Waals surface area contributed by atoms with Crippen LogP contribution in [-0.2, 0) is 0 Å². The molecule has 1 fully saturated rings. The predicted octanol–water partition coefficient (Wildman–Crippen LogP) is 2.56. The van der Waals surface area contributed by atoms with E-state index < -0.39 is 0 Å². The van der Waals surface area contributed by atoms with Crippen LogP contribution in [-0.4, -0.2) is 67.7 Å². The number of piperazine rings is 1. The summed E-state index contributed by atoms with van der Waals surface area (Å²) in [4.78, 5) is 21.3. The van der Waals surface area contributed by atoms with Gasteiger partial charge in [-0.15, -0.1) is 0 Å². The highest BCUT2D eigenvalue weighted by Crippen LogP contribution is 2.27. The Morgan fingerprint density at radius 3 is 2.47 bits per heavy atom. The number of hydrogen-bond acceptors (Lipinski definition) is 4. The maximum absolute atomic E-state index is 12.2. The van der Waals surface area contributed by atoms with Gasteiger partial charge in [-0.3, -0.25) is 9.79 Å². The number of nitrogens with zero attached hydrogens (tertiary/aromatic N) is 3. The molecule has 2 aromatic rings. The molecule has 160 valence electrons. The molecule has 0 aromatic heterocycles. The average Bonchev–Trinajstić information content (AvgIpc) is 2.76. The zero-order valence-electron chi connectivity index (χ0n) is 17.1. The third-order valence-corrected chi connectivity index (χ3v) is 5.24. The molecule has 0 aliphatic carbocycles. The predicted molar refractivity (Wildman–Crippen MR) is 122 cm³/mol. The van der Waals surface area contributed by atoms with Crippen LogP contribution in [0.3, 0.4) is 0 Å². The van der Waals surface area contributed by atoms with E-state index in [-0.39, 0.29) is 5.91 Å². The second kappa shape index (κ2) is 10.7. The summed E-state index contributed by atoms with van der Waals surface area (Å²) in [6.45, 7) is 6.89. The number of nitrogens with one attached hydrogen (secondary N) is 2. The Morgan fingerprint density at radius 1 is 1.07 bits per heavy atom. The smallest absolute Gasteiger partial charge is 0.252 e. The van der Waals surface area contributed by atoms with Gasteiger partial charge in [-0.25, -0.2) is 0 Å². The first-order valence-electron chi connectivity index (χ1n) is 10.2. The van der Waals surface area contributed by atoms with Crippen LogP contribution in [0.1, 0.15) is 17.3 Å². The third-order valence-electron chi connectivity index (χ3n) is 4.91. The van der Waals surface area contributed by atoms with Crippen molar-refractivity contribution in [3.05, 3.63) is 59.1 Å². The monoisotopic (exact) mass is 429 g/mol. The molecule has 3 rings (SSSR count). The van der Waals surface area contributed by atoms with Gasteiger partial charge in [0.2, 0.25) is 0 Å². The molecule has 0 saturated carbocycles. The Bertz CT molecular complexity index is 881. The number of halogens is 1. The van der Waals surface area contributed by atoms with Crippen molar-refractivity contribution in [2.45, 2.75) is 6.92 Å². The molecule has 1 heterocycles. The van der Waals surface area contributed by atoms with Crippen molar-refractivity contribution < 1.29 is 9.90 Å². The maximum Gasteiger partial charge on any atom is 0.252 e. The number of carbonyl (C=O) groups is 1. The molecule has 1 amide bonds. The van der Waals surface area contributed by atoms with Gasteiger partial charge in [-0.2, -0.15) is 0 Å². The fourth-order valence-electron chi connectivity index (χ4n) is 3.39. The van der Waals surface area contributed by atoms with Gasteiger partial charge in [0.15, 0.2) is 5.96 Å². The number of hydrogen-bond donors (Lipinski definition) is 3. The Hall–Kier alpha value is -2.93. The first kappa shape index (κ1) is 21.8. The highest BCUT2D eigenvalue weighted by molar-refractivity contribution is 6.33. The van der Waals surface area contributed by atoms with Crippen LogP contribution in [0.25, 0.3) is 0 Å². The van der Waals surface area contributed by atoms with E-state index in [0.717, 1.165) is 44.4 Å². The molecule has 0 unspecified atom stereocenters. The molecule has 0 spiro atoms. The molecule has 1 aliphatic heterocycles. The summed E-state index contributed by atoms with van der Waals surface area (Å²) >= 11 is 6.07. The van der Waals surface area contributed by atoms with Gasteiger partial charge in [-0.05, 0) is 31.2 Å². The summed E-state index contributed by atoms with van der Waals surface area (Å²) in [5.74, 6) is 0.944. The minimum absolute atomic E-state index is 0.197. The van der Waals surface area contributed by atoms with Crippen LogP contribution < -0.4 is 15.5 Å². The molecule has 3 N–H and O–H groups in total. The molecule has 30 heavy (non-hydrogen) atoms. The number of aromatic hydroxyl groups is 1. The second-order valence-corrected chi connectivity index (χ2v) is 7.34. The SMILES string of the molecule is CCNC(=NCCNC(=O)c1ccccc1Cl)N1CCN(c2ccccc2O)CC1. The summed E-state index contributed by atoms with van der Waals surface area (Å²) < 4.78 is 0. The van der Waals surface area contributed by atoms with E-state index in [4.69, 9.17) is 11.6 Å². The largest absolute Gasteiger partial charge is 0.506 e. The van der Waals surface area contributed by atoms with Crippen LogP contribution in [0.2, 0.25) is 5.02 Å². The van der Waals surface area contributed by atoms with Gasteiger partial charge in [0, 0.05) is 39.3 Å². The maximum atomic E-state index is 12.2. The van der Waals surface area contributed by atoms with Crippen LogP contribution in [0.5, 0.6) is 5.75 Å². The summed E-state index contributed by atoms with van der Waals surface area (Å²) in [5, 5.41) is 16.7. The summed E-state index contributed by atoms with van der Waals surface area (Å²) in [6.07, 6.45) is 0. The lowest BCUT2D eigenvalue weighted by molar-refractivity contribution is 0.0955. The number of benzene rings is 2. The average molecular weight is 430 g/mol. The Kier molecular flexibility index (Phi) is 7.79. The number of anilines is 1. The van der Waals surface area contributed by atoms with E-state index in [2.05, 4.69) is 25.4 Å². The van der Waals surface area contributed by atoms with Crippen molar-refractivity contribution in [1.29, 1.82) is 0 Å². The number of aliphatic imine (C=N–C) groups is 1. The number of phenolic OH excluding ortho intramolecular Hbond substituents is 1. The lowest BCUT2D eigenvalue weighted by atomic mass is 10.2. The summed E-state index contributed by atoms with van der Waals surface area (Å²) in [5.41, 5.74) is 1.33. The van der Waals surface area contributed by atoms with E-state index in [9.17, 15) is 9.90 Å². The number of para-hydroxylation sites is 2. The van der Waals surface area contributed by atoms with Crippen molar-refractivity contribution in [2.75, 3.05) is 50.7 Å². The topological polar surface area (TPSA) is 80.2 Å². The van der Waals surface area contributed by atoms with E-state index >= 15 is 0 Å². The molecule has 0 atom stereocenters. The minimum Gasteiger partial charge on any atom is -0.506 e. The molecular weight excluding hydrogens is 402 g/mol. The van der Waals surface area contributed by atoms with Gasteiger partial charge < -0.3 is 25.5 Å². The van der Waals surface area contributed by atoms with E-state index in [1.165, 1.54) is 0 Å². The van der Waals surface area contributed by atoms with E-state index in [1.54, 1.807) is 30.3 Å². The normalized spacial score (nSPS) is 14.5. The zero-order chi connectivity index (χ0) is 21.3.